The first kappa shape index (κ1) is 16.5. The van der Waals surface area contributed by atoms with Crippen LogP contribution in [0.1, 0.15) is 51.4 Å². The van der Waals surface area contributed by atoms with Crippen LogP contribution in [0.3, 0.4) is 0 Å². The predicted molar refractivity (Wildman–Crippen MR) is 95.7 cm³/mol. The SMILES string of the molecule is O=C(CCN1C(=O)[C@H]2CC=CC[C@H]2C1=O)NC1C2CC3CC(C2)CC1C3. The number of allylic oxidation sites excluding steroid dienone is 2. The third-order valence-corrected chi connectivity index (χ3v) is 7.72. The van der Waals surface area contributed by atoms with Gasteiger partial charge in [0, 0.05) is 19.0 Å². The van der Waals surface area contributed by atoms with Gasteiger partial charge in [-0.05, 0) is 68.6 Å². The zero-order valence-electron chi connectivity index (χ0n) is 15.2. The fourth-order valence-corrected chi connectivity index (χ4v) is 6.72. The number of carbonyl (C=O) groups is 3. The molecule has 6 rings (SSSR count). The van der Waals surface area contributed by atoms with Crippen molar-refractivity contribution in [3.8, 4) is 0 Å². The van der Waals surface area contributed by atoms with Crippen molar-refractivity contribution in [1.82, 2.24) is 10.2 Å². The van der Waals surface area contributed by atoms with Gasteiger partial charge in [0.15, 0.2) is 0 Å². The Morgan fingerprint density at radius 3 is 2.00 bits per heavy atom. The molecule has 6 aliphatic rings. The van der Waals surface area contributed by atoms with Crippen molar-refractivity contribution in [2.75, 3.05) is 6.54 Å². The van der Waals surface area contributed by atoms with Crippen LogP contribution >= 0.6 is 0 Å². The molecular formula is C21H28N2O3. The Labute approximate surface area is 154 Å². The highest BCUT2D eigenvalue weighted by Gasteiger charge is 2.49. The Balaban J connectivity index is 1.17. The summed E-state index contributed by atoms with van der Waals surface area (Å²) in [7, 11) is 0. The summed E-state index contributed by atoms with van der Waals surface area (Å²) in [5, 5.41) is 3.28. The van der Waals surface area contributed by atoms with E-state index in [1.54, 1.807) is 0 Å². The lowest BCUT2D eigenvalue weighted by molar-refractivity contribution is -0.140. The number of amides is 3. The van der Waals surface area contributed by atoms with Crippen molar-refractivity contribution in [3.05, 3.63) is 12.2 Å². The van der Waals surface area contributed by atoms with Crippen LogP contribution in [0, 0.1) is 35.5 Å². The molecule has 4 saturated carbocycles. The molecule has 5 fully saturated rings. The summed E-state index contributed by atoms with van der Waals surface area (Å²) in [4.78, 5) is 38.9. The fraction of sp³-hybridized carbons (Fsp3) is 0.762. The lowest BCUT2D eigenvalue weighted by atomic mass is 9.54. The third kappa shape index (κ3) is 2.62. The summed E-state index contributed by atoms with van der Waals surface area (Å²) in [5.74, 6) is 2.55. The summed E-state index contributed by atoms with van der Waals surface area (Å²) in [6, 6.07) is 0.326. The highest BCUT2D eigenvalue weighted by molar-refractivity contribution is 6.05. The van der Waals surface area contributed by atoms with E-state index in [2.05, 4.69) is 5.32 Å². The van der Waals surface area contributed by atoms with Crippen LogP contribution in [0.5, 0.6) is 0 Å². The molecule has 140 valence electrons. The first-order valence-corrected chi connectivity index (χ1v) is 10.4. The molecule has 3 amide bonds. The smallest absolute Gasteiger partial charge is 0.233 e. The maximum atomic E-state index is 12.5. The molecular weight excluding hydrogens is 328 g/mol. The fourth-order valence-electron chi connectivity index (χ4n) is 6.72. The standard InChI is InChI=1S/C21H28N2O3/c24-18(22-19-14-8-12-7-13(10-14)11-15(19)9-12)5-6-23-20(25)16-3-1-2-4-17(16)21(23)26/h1-2,12-17,19H,3-11H2,(H,22,24)/t12?,13?,14?,15?,16-,17+,19?. The van der Waals surface area contributed by atoms with Crippen LogP contribution in [-0.4, -0.2) is 35.2 Å². The summed E-state index contributed by atoms with van der Waals surface area (Å²) >= 11 is 0. The number of hydrogen-bond donors (Lipinski definition) is 1. The highest BCUT2D eigenvalue weighted by atomic mass is 16.2. The molecule has 0 aromatic rings. The average Bonchev–Trinajstić information content (AvgIpc) is 2.87. The second-order valence-electron chi connectivity index (χ2n) is 9.26. The van der Waals surface area contributed by atoms with Crippen molar-refractivity contribution in [1.29, 1.82) is 0 Å². The van der Waals surface area contributed by atoms with Crippen molar-refractivity contribution in [2.45, 2.75) is 57.4 Å². The van der Waals surface area contributed by atoms with E-state index < -0.39 is 0 Å². The number of hydrogen-bond acceptors (Lipinski definition) is 3. The predicted octanol–water partition coefficient (Wildman–Crippen LogP) is 2.27. The van der Waals surface area contributed by atoms with E-state index in [1.165, 1.54) is 37.0 Å². The molecule has 1 N–H and O–H groups in total. The largest absolute Gasteiger partial charge is 0.353 e. The molecule has 2 atom stereocenters. The van der Waals surface area contributed by atoms with Crippen LogP contribution in [0.2, 0.25) is 0 Å². The minimum Gasteiger partial charge on any atom is -0.353 e. The summed E-state index contributed by atoms with van der Waals surface area (Å²) in [6.07, 6.45) is 12.1. The van der Waals surface area contributed by atoms with Gasteiger partial charge in [0.05, 0.1) is 11.8 Å². The van der Waals surface area contributed by atoms with E-state index in [9.17, 15) is 14.4 Å². The average molecular weight is 356 g/mol. The lowest BCUT2D eigenvalue weighted by Crippen LogP contribution is -2.56. The van der Waals surface area contributed by atoms with Crippen LogP contribution in [0.4, 0.5) is 0 Å². The van der Waals surface area contributed by atoms with Gasteiger partial charge < -0.3 is 5.32 Å². The van der Waals surface area contributed by atoms with Crippen LogP contribution in [0.25, 0.3) is 0 Å². The van der Waals surface area contributed by atoms with E-state index in [4.69, 9.17) is 0 Å². The maximum absolute atomic E-state index is 12.5. The van der Waals surface area contributed by atoms with Crippen LogP contribution in [0.15, 0.2) is 12.2 Å². The van der Waals surface area contributed by atoms with Gasteiger partial charge in [0.2, 0.25) is 17.7 Å². The molecule has 0 aromatic carbocycles. The van der Waals surface area contributed by atoms with Gasteiger partial charge in [0.1, 0.15) is 0 Å². The molecule has 1 heterocycles. The van der Waals surface area contributed by atoms with Gasteiger partial charge >= 0.3 is 0 Å². The van der Waals surface area contributed by atoms with E-state index in [-0.39, 0.29) is 42.5 Å². The van der Waals surface area contributed by atoms with Crippen LogP contribution < -0.4 is 5.32 Å². The van der Waals surface area contributed by atoms with Crippen molar-refractivity contribution >= 4 is 17.7 Å². The first-order valence-electron chi connectivity index (χ1n) is 10.4. The number of carbonyl (C=O) groups excluding carboxylic acids is 3. The van der Waals surface area contributed by atoms with Gasteiger partial charge in [-0.2, -0.15) is 0 Å². The van der Waals surface area contributed by atoms with E-state index in [0.717, 1.165) is 11.8 Å². The van der Waals surface area contributed by atoms with Gasteiger partial charge in [-0.3, -0.25) is 19.3 Å². The molecule has 26 heavy (non-hydrogen) atoms. The summed E-state index contributed by atoms with van der Waals surface area (Å²) < 4.78 is 0. The number of imide groups is 1. The van der Waals surface area contributed by atoms with Gasteiger partial charge in [-0.15, -0.1) is 0 Å². The molecule has 5 aliphatic carbocycles. The van der Waals surface area contributed by atoms with E-state index in [0.29, 0.717) is 30.7 Å². The third-order valence-electron chi connectivity index (χ3n) is 7.72. The monoisotopic (exact) mass is 356 g/mol. The van der Waals surface area contributed by atoms with Gasteiger partial charge in [-0.1, -0.05) is 12.2 Å². The number of nitrogens with one attached hydrogen (secondary N) is 1. The van der Waals surface area contributed by atoms with E-state index in [1.807, 2.05) is 12.2 Å². The quantitative estimate of drug-likeness (QED) is 0.621. The molecule has 5 heteroatoms. The number of rotatable bonds is 4. The highest BCUT2D eigenvalue weighted by Crippen LogP contribution is 2.53. The van der Waals surface area contributed by atoms with Crippen LogP contribution in [-0.2, 0) is 14.4 Å². The Bertz CT molecular complexity index is 616. The molecule has 0 aromatic heterocycles. The summed E-state index contributed by atoms with van der Waals surface area (Å²) in [6.45, 7) is 0.240. The summed E-state index contributed by atoms with van der Waals surface area (Å²) in [5.41, 5.74) is 0. The zero-order chi connectivity index (χ0) is 17.8. The van der Waals surface area contributed by atoms with Gasteiger partial charge in [0.25, 0.3) is 0 Å². The molecule has 4 bridgehead atoms. The number of likely N-dealkylation sites (tertiary alicyclic amines) is 1. The lowest BCUT2D eigenvalue weighted by Gasteiger charge is -2.54. The first-order chi connectivity index (χ1) is 12.6. The second kappa shape index (κ2) is 6.21. The second-order valence-corrected chi connectivity index (χ2v) is 9.26. The maximum Gasteiger partial charge on any atom is 0.233 e. The Morgan fingerprint density at radius 1 is 0.923 bits per heavy atom. The molecule has 5 nitrogen and oxygen atoms in total. The molecule has 0 unspecified atom stereocenters. The van der Waals surface area contributed by atoms with Gasteiger partial charge in [-0.25, -0.2) is 0 Å². The number of fused-ring (bicyclic) bond motifs is 1. The van der Waals surface area contributed by atoms with Crippen molar-refractivity contribution < 1.29 is 14.4 Å². The molecule has 1 aliphatic heterocycles. The zero-order valence-corrected chi connectivity index (χ0v) is 15.2. The van der Waals surface area contributed by atoms with Crippen molar-refractivity contribution in [2.24, 2.45) is 35.5 Å². The topological polar surface area (TPSA) is 66.5 Å². The number of nitrogens with zero attached hydrogens (tertiary/aromatic N) is 1. The molecule has 0 spiro atoms. The molecule has 0 radical (unpaired) electrons. The van der Waals surface area contributed by atoms with E-state index >= 15 is 0 Å². The Hall–Kier alpha value is -1.65. The van der Waals surface area contributed by atoms with Crippen molar-refractivity contribution in [3.63, 3.8) is 0 Å². The minimum absolute atomic E-state index is 0.0103. The minimum atomic E-state index is -0.194. The Morgan fingerprint density at radius 2 is 1.46 bits per heavy atom. The molecule has 1 saturated heterocycles. The normalized spacial score (nSPS) is 43.1. The Kier molecular flexibility index (Phi) is 3.94.